The summed E-state index contributed by atoms with van der Waals surface area (Å²) in [5, 5.41) is 25.4. The number of H-pyrrole nitrogens is 1. The molecule has 2 aromatic carbocycles. The molecule has 1 unspecified atom stereocenters. The van der Waals surface area contributed by atoms with E-state index in [4.69, 9.17) is 0 Å². The number of nitrogens with zero attached hydrogens (tertiary/aromatic N) is 4. The van der Waals surface area contributed by atoms with Gasteiger partial charge in [0.2, 0.25) is 5.91 Å². The Hall–Kier alpha value is -4.80. The summed E-state index contributed by atoms with van der Waals surface area (Å²) in [4.78, 5) is 28.9. The van der Waals surface area contributed by atoms with Crippen LogP contribution in [0, 0.1) is 0 Å². The standard InChI is InChI=1S/C26H29N9O2/c36-25(18-30-26(37)29-16-6-15-28-23-9-4-5-14-27-23)31-22(17-24-32-34-35-33-24)21-12-10-20(11-13-21)19-7-2-1-3-8-19/h1-5,7-14,22H,6,15-18H2,(H,27,28)(H,31,36)(H2,29,30,37)(H,32,33,34,35). The Balaban J connectivity index is 1.25. The van der Waals surface area contributed by atoms with Gasteiger partial charge in [0.15, 0.2) is 5.82 Å². The van der Waals surface area contributed by atoms with E-state index in [1.54, 1.807) is 6.20 Å². The van der Waals surface area contributed by atoms with Crippen molar-refractivity contribution in [3.8, 4) is 11.1 Å². The molecule has 0 saturated heterocycles. The summed E-state index contributed by atoms with van der Waals surface area (Å²) in [7, 11) is 0. The first-order valence-corrected chi connectivity index (χ1v) is 12.0. The second-order valence-corrected chi connectivity index (χ2v) is 8.26. The van der Waals surface area contributed by atoms with Gasteiger partial charge in [-0.1, -0.05) is 60.7 Å². The van der Waals surface area contributed by atoms with Crippen molar-refractivity contribution in [3.05, 3.63) is 90.4 Å². The van der Waals surface area contributed by atoms with Crippen LogP contribution >= 0.6 is 0 Å². The smallest absolute Gasteiger partial charge is 0.315 e. The van der Waals surface area contributed by atoms with E-state index in [9.17, 15) is 9.59 Å². The van der Waals surface area contributed by atoms with Gasteiger partial charge in [-0.15, -0.1) is 5.10 Å². The van der Waals surface area contributed by atoms with Crippen molar-refractivity contribution >= 4 is 17.8 Å². The predicted octanol–water partition coefficient (Wildman–Crippen LogP) is 2.46. The molecule has 190 valence electrons. The average Bonchev–Trinajstić information content (AvgIpc) is 3.46. The maximum atomic E-state index is 12.6. The van der Waals surface area contributed by atoms with Crippen LogP contribution in [0.3, 0.4) is 0 Å². The Morgan fingerprint density at radius 2 is 1.65 bits per heavy atom. The van der Waals surface area contributed by atoms with Crippen molar-refractivity contribution in [1.29, 1.82) is 0 Å². The lowest BCUT2D eigenvalue weighted by atomic mass is 9.99. The Morgan fingerprint density at radius 3 is 2.38 bits per heavy atom. The average molecular weight is 500 g/mol. The lowest BCUT2D eigenvalue weighted by molar-refractivity contribution is -0.120. The van der Waals surface area contributed by atoms with Gasteiger partial charge in [-0.2, -0.15) is 0 Å². The van der Waals surface area contributed by atoms with E-state index in [-0.39, 0.29) is 18.5 Å². The fourth-order valence-corrected chi connectivity index (χ4v) is 3.69. The minimum absolute atomic E-state index is 0.161. The molecule has 4 aromatic rings. The monoisotopic (exact) mass is 499 g/mol. The lowest BCUT2D eigenvalue weighted by Crippen LogP contribution is -2.43. The van der Waals surface area contributed by atoms with Crippen LogP contribution in [-0.2, 0) is 11.2 Å². The predicted molar refractivity (Wildman–Crippen MR) is 139 cm³/mol. The topological polar surface area (TPSA) is 150 Å². The van der Waals surface area contributed by atoms with E-state index in [0.717, 1.165) is 22.5 Å². The van der Waals surface area contributed by atoms with Gasteiger partial charge in [-0.3, -0.25) is 4.79 Å². The molecule has 11 nitrogen and oxygen atoms in total. The number of aromatic nitrogens is 5. The van der Waals surface area contributed by atoms with Gasteiger partial charge in [-0.25, -0.2) is 14.9 Å². The summed E-state index contributed by atoms with van der Waals surface area (Å²) >= 11 is 0. The minimum atomic E-state index is -0.406. The van der Waals surface area contributed by atoms with Crippen LogP contribution in [0.5, 0.6) is 0 Å². The second-order valence-electron chi connectivity index (χ2n) is 8.26. The van der Waals surface area contributed by atoms with Crippen LogP contribution in [0.15, 0.2) is 79.0 Å². The second kappa shape index (κ2) is 13.3. The Kier molecular flexibility index (Phi) is 9.12. The zero-order chi connectivity index (χ0) is 25.7. The number of hydrogen-bond donors (Lipinski definition) is 5. The van der Waals surface area contributed by atoms with Crippen LogP contribution in [0.4, 0.5) is 10.6 Å². The van der Waals surface area contributed by atoms with Gasteiger partial charge in [0.05, 0.1) is 12.6 Å². The van der Waals surface area contributed by atoms with E-state index in [0.29, 0.717) is 31.8 Å². The Bertz CT molecular complexity index is 1230. The molecule has 3 amide bonds. The highest BCUT2D eigenvalue weighted by Crippen LogP contribution is 2.23. The molecule has 0 radical (unpaired) electrons. The van der Waals surface area contributed by atoms with E-state index >= 15 is 0 Å². The largest absolute Gasteiger partial charge is 0.370 e. The number of nitrogens with one attached hydrogen (secondary N) is 5. The number of urea groups is 1. The Morgan fingerprint density at radius 1 is 0.865 bits per heavy atom. The van der Waals surface area contributed by atoms with E-state index in [2.05, 4.69) is 46.9 Å². The number of carbonyl (C=O) groups is 2. The number of aromatic amines is 1. The minimum Gasteiger partial charge on any atom is -0.370 e. The van der Waals surface area contributed by atoms with Crippen molar-refractivity contribution in [2.45, 2.75) is 18.9 Å². The molecule has 5 N–H and O–H groups in total. The quantitative estimate of drug-likeness (QED) is 0.188. The number of tetrazole rings is 1. The van der Waals surface area contributed by atoms with Gasteiger partial charge in [-0.05, 0) is 45.7 Å². The highest BCUT2D eigenvalue weighted by molar-refractivity contribution is 5.84. The highest BCUT2D eigenvalue weighted by atomic mass is 16.2. The van der Waals surface area contributed by atoms with Crippen molar-refractivity contribution in [1.82, 2.24) is 41.6 Å². The molecule has 0 aliphatic carbocycles. The van der Waals surface area contributed by atoms with Gasteiger partial charge in [0.1, 0.15) is 5.82 Å². The Labute approximate surface area is 214 Å². The summed E-state index contributed by atoms with van der Waals surface area (Å²) in [6.07, 6.45) is 2.80. The first kappa shape index (κ1) is 25.3. The van der Waals surface area contributed by atoms with E-state index in [1.807, 2.05) is 72.8 Å². The molecule has 0 spiro atoms. The van der Waals surface area contributed by atoms with Gasteiger partial charge in [0.25, 0.3) is 0 Å². The molecule has 0 bridgehead atoms. The molecule has 0 fully saturated rings. The fourth-order valence-electron chi connectivity index (χ4n) is 3.69. The molecule has 0 aliphatic heterocycles. The van der Waals surface area contributed by atoms with Crippen molar-refractivity contribution in [2.24, 2.45) is 0 Å². The number of anilines is 1. The normalized spacial score (nSPS) is 11.4. The molecule has 4 rings (SSSR count). The first-order valence-electron chi connectivity index (χ1n) is 12.0. The number of carbonyl (C=O) groups excluding carboxylic acids is 2. The maximum absolute atomic E-state index is 12.6. The molecule has 37 heavy (non-hydrogen) atoms. The summed E-state index contributed by atoms with van der Waals surface area (Å²) in [5.41, 5.74) is 3.08. The molecule has 2 heterocycles. The third kappa shape index (κ3) is 8.13. The summed E-state index contributed by atoms with van der Waals surface area (Å²) in [6.45, 7) is 0.965. The molecule has 2 aromatic heterocycles. The van der Waals surface area contributed by atoms with Gasteiger partial charge in [0, 0.05) is 25.7 Å². The van der Waals surface area contributed by atoms with E-state index < -0.39 is 6.03 Å². The summed E-state index contributed by atoms with van der Waals surface area (Å²) in [6, 6.07) is 22.8. The summed E-state index contributed by atoms with van der Waals surface area (Å²) in [5.74, 6) is 1.01. The number of amides is 3. The van der Waals surface area contributed by atoms with Crippen LogP contribution < -0.4 is 21.3 Å². The summed E-state index contributed by atoms with van der Waals surface area (Å²) < 4.78 is 0. The van der Waals surface area contributed by atoms with Crippen molar-refractivity contribution < 1.29 is 9.59 Å². The molecular weight excluding hydrogens is 470 g/mol. The fraction of sp³-hybridized carbons (Fsp3) is 0.231. The highest BCUT2D eigenvalue weighted by Gasteiger charge is 2.18. The number of rotatable bonds is 12. The van der Waals surface area contributed by atoms with Crippen LogP contribution in [0.25, 0.3) is 11.1 Å². The van der Waals surface area contributed by atoms with Crippen molar-refractivity contribution in [2.75, 3.05) is 25.0 Å². The van der Waals surface area contributed by atoms with Crippen molar-refractivity contribution in [3.63, 3.8) is 0 Å². The molecule has 1 atom stereocenters. The van der Waals surface area contributed by atoms with E-state index in [1.165, 1.54) is 0 Å². The lowest BCUT2D eigenvalue weighted by Gasteiger charge is -2.19. The number of hydrogen-bond acceptors (Lipinski definition) is 7. The maximum Gasteiger partial charge on any atom is 0.315 e. The number of pyridine rings is 1. The van der Waals surface area contributed by atoms with Gasteiger partial charge >= 0.3 is 6.03 Å². The zero-order valence-electron chi connectivity index (χ0n) is 20.2. The molecular formula is C26H29N9O2. The van der Waals surface area contributed by atoms with Crippen LogP contribution in [0.1, 0.15) is 23.9 Å². The molecule has 0 saturated carbocycles. The first-order chi connectivity index (χ1) is 18.2. The zero-order valence-corrected chi connectivity index (χ0v) is 20.2. The molecule has 0 aliphatic rings. The van der Waals surface area contributed by atoms with Crippen LogP contribution in [-0.4, -0.2) is 57.2 Å². The molecule has 11 heteroatoms. The third-order valence-electron chi connectivity index (χ3n) is 5.56. The SMILES string of the molecule is O=C(CNC(=O)NCCCNc1ccccn1)NC(Cc1nnn[nH]1)c1ccc(-c2ccccc2)cc1. The third-order valence-corrected chi connectivity index (χ3v) is 5.56. The number of benzene rings is 2. The van der Waals surface area contributed by atoms with Crippen LogP contribution in [0.2, 0.25) is 0 Å². The van der Waals surface area contributed by atoms with Gasteiger partial charge < -0.3 is 21.3 Å².